The number of rotatable bonds is 8. The number of carbonyl (C=O) groups excluding carboxylic acids is 1. The number of nitrogens with zero attached hydrogens (tertiary/aromatic N) is 4. The lowest BCUT2D eigenvalue weighted by Crippen LogP contribution is -2.19. The van der Waals surface area contributed by atoms with Gasteiger partial charge in [0.15, 0.2) is 11.0 Å². The number of hydrogen-bond donors (Lipinski definition) is 1. The quantitative estimate of drug-likeness (QED) is 0.241. The van der Waals surface area contributed by atoms with Gasteiger partial charge < -0.3 is 4.42 Å². The van der Waals surface area contributed by atoms with Crippen LogP contribution in [0.1, 0.15) is 11.3 Å². The highest BCUT2D eigenvalue weighted by Crippen LogP contribution is 2.28. The number of allylic oxidation sites excluding steroid dienone is 1. The third-order valence-electron chi connectivity index (χ3n) is 4.44. The number of hydrogen-bond acceptors (Lipinski definition) is 6. The monoisotopic (exact) mass is 443 g/mol. The van der Waals surface area contributed by atoms with E-state index in [0.717, 1.165) is 22.6 Å². The van der Waals surface area contributed by atoms with Gasteiger partial charge >= 0.3 is 0 Å². The first-order valence-corrected chi connectivity index (χ1v) is 10.9. The number of furan rings is 1. The third kappa shape index (κ3) is 5.41. The Morgan fingerprint density at radius 1 is 1.09 bits per heavy atom. The molecule has 2 heterocycles. The average molecular weight is 444 g/mol. The zero-order chi connectivity index (χ0) is 22.2. The fraction of sp³-hybridized carbons (Fsp3) is 0.0833. The van der Waals surface area contributed by atoms with E-state index in [2.05, 4.69) is 20.7 Å². The van der Waals surface area contributed by atoms with Gasteiger partial charge in [-0.3, -0.25) is 9.36 Å². The fourth-order valence-corrected chi connectivity index (χ4v) is 3.65. The lowest BCUT2D eigenvalue weighted by molar-refractivity contribution is -0.118. The Hall–Kier alpha value is -3.91. The van der Waals surface area contributed by atoms with Gasteiger partial charge in [-0.1, -0.05) is 59.8 Å². The van der Waals surface area contributed by atoms with Gasteiger partial charge in [0.05, 0.1) is 12.0 Å². The highest BCUT2D eigenvalue weighted by molar-refractivity contribution is 7.99. The van der Waals surface area contributed by atoms with E-state index in [1.54, 1.807) is 24.5 Å². The summed E-state index contributed by atoms with van der Waals surface area (Å²) in [4.78, 5) is 12.2. The Bertz CT molecular complexity index is 1210. The molecule has 0 unspecified atom stereocenters. The predicted molar refractivity (Wildman–Crippen MR) is 127 cm³/mol. The third-order valence-corrected chi connectivity index (χ3v) is 5.37. The molecule has 7 nitrogen and oxygen atoms in total. The van der Waals surface area contributed by atoms with Crippen LogP contribution < -0.4 is 5.43 Å². The van der Waals surface area contributed by atoms with Gasteiger partial charge in [-0.2, -0.15) is 5.10 Å². The van der Waals surface area contributed by atoms with Crippen LogP contribution in [0.3, 0.4) is 0 Å². The fourth-order valence-electron chi connectivity index (χ4n) is 2.90. The number of nitrogens with one attached hydrogen (secondary N) is 1. The van der Waals surface area contributed by atoms with E-state index in [1.165, 1.54) is 18.0 Å². The number of amides is 1. The maximum Gasteiger partial charge on any atom is 0.250 e. The van der Waals surface area contributed by atoms with E-state index in [4.69, 9.17) is 4.42 Å². The zero-order valence-electron chi connectivity index (χ0n) is 17.4. The van der Waals surface area contributed by atoms with Crippen molar-refractivity contribution in [2.75, 3.05) is 5.75 Å². The lowest BCUT2D eigenvalue weighted by atomic mass is 10.2. The highest BCUT2D eigenvalue weighted by Gasteiger charge is 2.17. The van der Waals surface area contributed by atoms with Gasteiger partial charge in [-0.05, 0) is 43.3 Å². The van der Waals surface area contributed by atoms with Crippen molar-refractivity contribution in [2.45, 2.75) is 12.1 Å². The van der Waals surface area contributed by atoms with Gasteiger partial charge in [-0.15, -0.1) is 10.2 Å². The summed E-state index contributed by atoms with van der Waals surface area (Å²) in [5, 5.41) is 13.3. The smallest absolute Gasteiger partial charge is 0.250 e. The number of carbonyl (C=O) groups is 1. The van der Waals surface area contributed by atoms with Crippen LogP contribution in [0.4, 0.5) is 0 Å². The predicted octanol–water partition coefficient (Wildman–Crippen LogP) is 4.74. The van der Waals surface area contributed by atoms with Crippen molar-refractivity contribution in [3.63, 3.8) is 0 Å². The van der Waals surface area contributed by atoms with Crippen LogP contribution >= 0.6 is 11.8 Å². The molecule has 4 rings (SSSR count). The van der Waals surface area contributed by atoms with Crippen molar-refractivity contribution in [2.24, 2.45) is 5.10 Å². The van der Waals surface area contributed by atoms with Gasteiger partial charge in [0.25, 0.3) is 5.91 Å². The first kappa shape index (κ1) is 21.3. The van der Waals surface area contributed by atoms with Crippen LogP contribution in [-0.4, -0.2) is 32.6 Å². The Balaban J connectivity index is 1.45. The van der Waals surface area contributed by atoms with Crippen molar-refractivity contribution in [1.29, 1.82) is 0 Å². The van der Waals surface area contributed by atoms with Gasteiger partial charge in [0.1, 0.15) is 5.76 Å². The molecule has 0 aliphatic carbocycles. The first-order chi connectivity index (χ1) is 15.7. The molecule has 2 aromatic heterocycles. The summed E-state index contributed by atoms with van der Waals surface area (Å²) in [5.41, 5.74) is 5.55. The molecule has 32 heavy (non-hydrogen) atoms. The van der Waals surface area contributed by atoms with Gasteiger partial charge in [0, 0.05) is 17.5 Å². The van der Waals surface area contributed by atoms with Crippen LogP contribution in [0, 0.1) is 6.92 Å². The van der Waals surface area contributed by atoms with E-state index in [1.807, 2.05) is 72.2 Å². The van der Waals surface area contributed by atoms with E-state index in [-0.39, 0.29) is 11.7 Å². The van der Waals surface area contributed by atoms with Gasteiger partial charge in [-0.25, -0.2) is 5.43 Å². The highest BCUT2D eigenvalue weighted by atomic mass is 32.2. The van der Waals surface area contributed by atoms with E-state index >= 15 is 0 Å². The van der Waals surface area contributed by atoms with Crippen LogP contribution in [0.2, 0.25) is 0 Å². The molecule has 0 saturated heterocycles. The van der Waals surface area contributed by atoms with E-state index in [9.17, 15) is 4.79 Å². The van der Waals surface area contributed by atoms with Crippen LogP contribution in [0.15, 0.2) is 93.7 Å². The number of thioether (sulfide) groups is 1. The second-order valence-electron chi connectivity index (χ2n) is 6.82. The minimum atomic E-state index is -0.239. The lowest BCUT2D eigenvalue weighted by Gasteiger charge is -2.10. The van der Waals surface area contributed by atoms with Crippen molar-refractivity contribution in [3.8, 4) is 17.1 Å². The summed E-state index contributed by atoms with van der Waals surface area (Å²) in [5.74, 6) is 1.34. The molecule has 0 saturated carbocycles. The molecular weight excluding hydrogens is 422 g/mol. The summed E-state index contributed by atoms with van der Waals surface area (Å²) < 4.78 is 7.14. The minimum absolute atomic E-state index is 0.151. The normalized spacial score (nSPS) is 11.4. The summed E-state index contributed by atoms with van der Waals surface area (Å²) in [7, 11) is 0. The van der Waals surface area contributed by atoms with Crippen LogP contribution in [0.25, 0.3) is 23.2 Å². The molecule has 0 radical (unpaired) electrons. The van der Waals surface area contributed by atoms with Crippen molar-refractivity contribution in [1.82, 2.24) is 20.2 Å². The molecule has 2 aromatic carbocycles. The molecule has 1 N–H and O–H groups in total. The molecule has 0 aliphatic rings. The standard InChI is InChI=1S/C24H21N5O2S/c1-18-11-13-20(14-12-18)29-23(19-7-3-2-4-8-19)27-28-24(29)32-17-22(30)26-25-15-5-9-21-10-6-16-31-21/h2-16H,17H2,1H3,(H,26,30)/b9-5+,25-15+. The van der Waals surface area contributed by atoms with Crippen molar-refractivity contribution in [3.05, 3.63) is 90.4 Å². The van der Waals surface area contributed by atoms with Gasteiger partial charge in [0.2, 0.25) is 0 Å². The average Bonchev–Trinajstić information content (AvgIpc) is 3.49. The second kappa shape index (κ2) is 10.4. The molecule has 160 valence electrons. The number of benzene rings is 2. The summed E-state index contributed by atoms with van der Waals surface area (Å²) in [6.45, 7) is 2.04. The first-order valence-electron chi connectivity index (χ1n) is 9.93. The molecule has 0 atom stereocenters. The Kier molecular flexibility index (Phi) is 6.94. The molecular formula is C24H21N5O2S. The SMILES string of the molecule is Cc1ccc(-n2c(SCC(=O)N/N=C/C=C/c3ccco3)nnc2-c2ccccc2)cc1. The Morgan fingerprint density at radius 3 is 2.66 bits per heavy atom. The maximum atomic E-state index is 12.2. The molecule has 0 fully saturated rings. The summed E-state index contributed by atoms with van der Waals surface area (Å²) in [6, 6.07) is 21.6. The maximum absolute atomic E-state index is 12.2. The Labute approximate surface area is 189 Å². The van der Waals surface area contributed by atoms with E-state index in [0.29, 0.717) is 10.9 Å². The van der Waals surface area contributed by atoms with Crippen molar-refractivity contribution < 1.29 is 9.21 Å². The number of aromatic nitrogens is 3. The van der Waals surface area contributed by atoms with Crippen LogP contribution in [0.5, 0.6) is 0 Å². The number of aryl methyl sites for hydroxylation is 1. The molecule has 1 amide bonds. The molecule has 8 heteroatoms. The van der Waals surface area contributed by atoms with Crippen LogP contribution in [-0.2, 0) is 4.79 Å². The summed E-state index contributed by atoms with van der Waals surface area (Å²) >= 11 is 1.30. The van der Waals surface area contributed by atoms with Crippen molar-refractivity contribution >= 4 is 30.0 Å². The topological polar surface area (TPSA) is 85.3 Å². The molecule has 0 spiro atoms. The molecule has 0 bridgehead atoms. The Morgan fingerprint density at radius 2 is 1.91 bits per heavy atom. The van der Waals surface area contributed by atoms with E-state index < -0.39 is 0 Å². The minimum Gasteiger partial charge on any atom is -0.465 e. The summed E-state index contributed by atoms with van der Waals surface area (Å²) in [6.07, 6.45) is 6.52. The number of hydrazone groups is 1. The largest absolute Gasteiger partial charge is 0.465 e. The molecule has 0 aliphatic heterocycles. The second-order valence-corrected chi connectivity index (χ2v) is 7.76. The molecule has 4 aromatic rings. The zero-order valence-corrected chi connectivity index (χ0v) is 18.2.